The number of pyridine rings is 1. The molecule has 1 fully saturated rings. The van der Waals surface area contributed by atoms with Crippen LogP contribution in [-0.2, 0) is 6.54 Å². The molecule has 0 aromatic carbocycles. The third-order valence-corrected chi connectivity index (χ3v) is 2.86. The van der Waals surface area contributed by atoms with Crippen LogP contribution in [0.2, 0.25) is 0 Å². The Labute approximate surface area is 91.5 Å². The van der Waals surface area contributed by atoms with E-state index in [4.69, 9.17) is 0 Å². The number of rotatable bonds is 5. The normalized spacial score (nSPS) is 17.1. The number of hydrogen-bond acceptors (Lipinski definition) is 3. The Kier molecular flexibility index (Phi) is 4.11. The Morgan fingerprint density at radius 1 is 1.33 bits per heavy atom. The smallest absolute Gasteiger partial charge is 0.0312 e. The summed E-state index contributed by atoms with van der Waals surface area (Å²) in [5.74, 6) is 0. The molecule has 1 N–H and O–H groups in total. The van der Waals surface area contributed by atoms with Crippen LogP contribution in [0.5, 0.6) is 0 Å². The van der Waals surface area contributed by atoms with Crippen LogP contribution in [0, 0.1) is 0 Å². The van der Waals surface area contributed by atoms with Crippen LogP contribution < -0.4 is 5.32 Å². The monoisotopic (exact) mass is 205 g/mol. The van der Waals surface area contributed by atoms with Crippen molar-refractivity contribution < 1.29 is 0 Å². The number of nitrogens with zero attached hydrogens (tertiary/aromatic N) is 2. The van der Waals surface area contributed by atoms with Gasteiger partial charge in [-0.3, -0.25) is 4.98 Å². The average molecular weight is 205 g/mol. The van der Waals surface area contributed by atoms with Crippen molar-refractivity contribution in [2.24, 2.45) is 0 Å². The number of hydrogen-bond donors (Lipinski definition) is 1. The van der Waals surface area contributed by atoms with Crippen LogP contribution in [0.3, 0.4) is 0 Å². The van der Waals surface area contributed by atoms with Crippen LogP contribution in [0.4, 0.5) is 0 Å². The van der Waals surface area contributed by atoms with E-state index in [2.05, 4.69) is 21.3 Å². The highest BCUT2D eigenvalue weighted by molar-refractivity contribution is 5.07. The first-order valence-electron chi connectivity index (χ1n) is 5.77. The van der Waals surface area contributed by atoms with Crippen molar-refractivity contribution in [2.45, 2.75) is 19.4 Å². The van der Waals surface area contributed by atoms with E-state index in [0.29, 0.717) is 0 Å². The SMILES string of the molecule is c1cncc(CNCCN2CCCC2)c1. The number of likely N-dealkylation sites (tertiary alicyclic amines) is 1. The van der Waals surface area contributed by atoms with E-state index >= 15 is 0 Å². The first-order valence-corrected chi connectivity index (χ1v) is 5.77. The van der Waals surface area contributed by atoms with Crippen molar-refractivity contribution in [3.05, 3.63) is 30.1 Å². The molecule has 0 radical (unpaired) electrons. The second kappa shape index (κ2) is 5.83. The molecule has 0 spiro atoms. The Hall–Kier alpha value is -0.930. The van der Waals surface area contributed by atoms with Crippen LogP contribution >= 0.6 is 0 Å². The van der Waals surface area contributed by atoms with Gasteiger partial charge in [0.05, 0.1) is 0 Å². The van der Waals surface area contributed by atoms with Crippen molar-refractivity contribution in [3.63, 3.8) is 0 Å². The summed E-state index contributed by atoms with van der Waals surface area (Å²) in [6, 6.07) is 4.09. The minimum atomic E-state index is 0.932. The van der Waals surface area contributed by atoms with Crippen molar-refractivity contribution in [1.82, 2.24) is 15.2 Å². The lowest BCUT2D eigenvalue weighted by Crippen LogP contribution is -2.29. The predicted octanol–water partition coefficient (Wildman–Crippen LogP) is 1.27. The van der Waals surface area contributed by atoms with Crippen LogP contribution in [0.25, 0.3) is 0 Å². The molecule has 1 saturated heterocycles. The van der Waals surface area contributed by atoms with E-state index < -0.39 is 0 Å². The molecule has 3 heteroatoms. The van der Waals surface area contributed by atoms with Gasteiger partial charge in [-0.1, -0.05) is 6.07 Å². The molecule has 0 atom stereocenters. The molecule has 82 valence electrons. The lowest BCUT2D eigenvalue weighted by Gasteiger charge is -2.14. The van der Waals surface area contributed by atoms with Crippen molar-refractivity contribution in [1.29, 1.82) is 0 Å². The van der Waals surface area contributed by atoms with Crippen molar-refractivity contribution in [2.75, 3.05) is 26.2 Å². The molecule has 0 unspecified atom stereocenters. The first-order chi connectivity index (χ1) is 7.45. The van der Waals surface area contributed by atoms with Gasteiger partial charge in [-0.25, -0.2) is 0 Å². The molecule has 2 heterocycles. The fourth-order valence-electron chi connectivity index (χ4n) is 1.98. The topological polar surface area (TPSA) is 28.2 Å². The van der Waals surface area contributed by atoms with Crippen molar-refractivity contribution in [3.8, 4) is 0 Å². The molecule has 1 aromatic heterocycles. The van der Waals surface area contributed by atoms with E-state index in [1.807, 2.05) is 18.5 Å². The van der Waals surface area contributed by atoms with Crippen LogP contribution in [0.1, 0.15) is 18.4 Å². The van der Waals surface area contributed by atoms with E-state index in [-0.39, 0.29) is 0 Å². The summed E-state index contributed by atoms with van der Waals surface area (Å²) in [4.78, 5) is 6.61. The fraction of sp³-hybridized carbons (Fsp3) is 0.583. The largest absolute Gasteiger partial charge is 0.311 e. The van der Waals surface area contributed by atoms with Gasteiger partial charge in [-0.15, -0.1) is 0 Å². The molecule has 1 aliphatic heterocycles. The zero-order valence-corrected chi connectivity index (χ0v) is 9.15. The summed E-state index contributed by atoms with van der Waals surface area (Å²) in [5, 5.41) is 3.45. The molecule has 1 aromatic rings. The molecule has 2 rings (SSSR count). The van der Waals surface area contributed by atoms with Gasteiger partial charge >= 0.3 is 0 Å². The minimum Gasteiger partial charge on any atom is -0.311 e. The number of aromatic nitrogens is 1. The summed E-state index contributed by atoms with van der Waals surface area (Å²) in [7, 11) is 0. The zero-order valence-electron chi connectivity index (χ0n) is 9.15. The van der Waals surface area contributed by atoms with Gasteiger partial charge in [0.2, 0.25) is 0 Å². The molecule has 0 bridgehead atoms. The quantitative estimate of drug-likeness (QED) is 0.734. The van der Waals surface area contributed by atoms with Crippen LogP contribution in [0.15, 0.2) is 24.5 Å². The van der Waals surface area contributed by atoms with Gasteiger partial charge in [0, 0.05) is 32.0 Å². The zero-order chi connectivity index (χ0) is 10.3. The van der Waals surface area contributed by atoms with E-state index in [1.165, 1.54) is 38.0 Å². The summed E-state index contributed by atoms with van der Waals surface area (Å²) in [6.45, 7) is 5.76. The lowest BCUT2D eigenvalue weighted by atomic mass is 10.3. The lowest BCUT2D eigenvalue weighted by molar-refractivity contribution is 0.335. The predicted molar refractivity (Wildman–Crippen MR) is 61.6 cm³/mol. The molecule has 0 amide bonds. The Morgan fingerprint density at radius 2 is 2.20 bits per heavy atom. The maximum absolute atomic E-state index is 4.09. The average Bonchev–Trinajstić information content (AvgIpc) is 2.79. The van der Waals surface area contributed by atoms with Crippen molar-refractivity contribution >= 4 is 0 Å². The second-order valence-electron chi connectivity index (χ2n) is 4.09. The highest BCUT2D eigenvalue weighted by Crippen LogP contribution is 2.05. The van der Waals surface area contributed by atoms with Gasteiger partial charge in [-0.2, -0.15) is 0 Å². The number of nitrogens with one attached hydrogen (secondary N) is 1. The van der Waals surface area contributed by atoms with Gasteiger partial charge in [-0.05, 0) is 37.6 Å². The molecule has 3 nitrogen and oxygen atoms in total. The summed E-state index contributed by atoms with van der Waals surface area (Å²) in [5.41, 5.74) is 1.26. The maximum Gasteiger partial charge on any atom is 0.0312 e. The highest BCUT2D eigenvalue weighted by Gasteiger charge is 2.09. The minimum absolute atomic E-state index is 0.932. The summed E-state index contributed by atoms with van der Waals surface area (Å²) in [6.07, 6.45) is 6.49. The molecular formula is C12H19N3. The highest BCUT2D eigenvalue weighted by atomic mass is 15.1. The van der Waals surface area contributed by atoms with E-state index in [0.717, 1.165) is 13.1 Å². The Bertz CT molecular complexity index is 267. The van der Waals surface area contributed by atoms with E-state index in [1.54, 1.807) is 0 Å². The van der Waals surface area contributed by atoms with Gasteiger partial charge in [0.25, 0.3) is 0 Å². The van der Waals surface area contributed by atoms with E-state index in [9.17, 15) is 0 Å². The Balaban J connectivity index is 1.59. The van der Waals surface area contributed by atoms with Gasteiger partial charge in [0.1, 0.15) is 0 Å². The third-order valence-electron chi connectivity index (χ3n) is 2.86. The van der Waals surface area contributed by atoms with Gasteiger partial charge in [0.15, 0.2) is 0 Å². The second-order valence-corrected chi connectivity index (χ2v) is 4.09. The maximum atomic E-state index is 4.09. The molecule has 15 heavy (non-hydrogen) atoms. The standard InChI is InChI=1S/C12H19N3/c1-2-8-15(7-1)9-6-14-11-12-4-3-5-13-10-12/h3-5,10,14H,1-2,6-9,11H2. The molecular weight excluding hydrogens is 186 g/mol. The molecule has 0 saturated carbocycles. The Morgan fingerprint density at radius 3 is 2.93 bits per heavy atom. The fourth-order valence-corrected chi connectivity index (χ4v) is 1.98. The first kappa shape index (κ1) is 10.6. The van der Waals surface area contributed by atoms with Crippen LogP contribution in [-0.4, -0.2) is 36.1 Å². The summed E-state index contributed by atoms with van der Waals surface area (Å²) < 4.78 is 0. The van der Waals surface area contributed by atoms with Gasteiger partial charge < -0.3 is 10.2 Å². The molecule has 1 aliphatic rings. The molecule has 0 aliphatic carbocycles. The summed E-state index contributed by atoms with van der Waals surface area (Å²) >= 11 is 0. The third kappa shape index (κ3) is 3.61.